The Morgan fingerprint density at radius 3 is 2.30 bits per heavy atom. The van der Waals surface area contributed by atoms with Crippen LogP contribution in [0.5, 0.6) is 11.5 Å². The number of rotatable bonds is 8. The molecule has 2 aromatic carbocycles. The van der Waals surface area contributed by atoms with Crippen molar-refractivity contribution in [3.8, 4) is 11.5 Å². The van der Waals surface area contributed by atoms with Gasteiger partial charge in [-0.3, -0.25) is 19.7 Å². The Labute approximate surface area is 171 Å². The number of benzene rings is 2. The highest BCUT2D eigenvalue weighted by molar-refractivity contribution is 7.89. The van der Waals surface area contributed by atoms with Crippen molar-refractivity contribution in [1.29, 1.82) is 0 Å². The third-order valence-corrected chi connectivity index (χ3v) is 4.73. The molecule has 160 valence electrons. The normalized spacial score (nSPS) is 10.8. The van der Waals surface area contributed by atoms with Crippen LogP contribution in [0.25, 0.3) is 0 Å². The molecule has 2 amide bonds. The molecule has 0 heterocycles. The number of amides is 2. The van der Waals surface area contributed by atoms with Gasteiger partial charge in [0, 0.05) is 17.3 Å². The highest BCUT2D eigenvalue weighted by Crippen LogP contribution is 2.28. The van der Waals surface area contributed by atoms with Crippen LogP contribution in [-0.4, -0.2) is 45.9 Å². The van der Waals surface area contributed by atoms with Gasteiger partial charge in [-0.1, -0.05) is 0 Å². The lowest BCUT2D eigenvalue weighted by Gasteiger charge is -2.11. The molecule has 2 aromatic rings. The number of nitrogens with zero attached hydrogens (tertiary/aromatic N) is 1. The maximum absolute atomic E-state index is 12.2. The van der Waals surface area contributed by atoms with E-state index in [9.17, 15) is 28.1 Å². The third kappa shape index (κ3) is 5.42. The van der Waals surface area contributed by atoms with Crippen molar-refractivity contribution < 1.29 is 32.4 Å². The number of hydrogen-bond acceptors (Lipinski definition) is 8. The van der Waals surface area contributed by atoms with E-state index in [1.807, 2.05) is 0 Å². The number of nitro benzene ring substituents is 1. The second kappa shape index (κ2) is 9.19. The first-order valence-electron chi connectivity index (χ1n) is 8.18. The molecule has 0 radical (unpaired) electrons. The van der Waals surface area contributed by atoms with Gasteiger partial charge in [0.2, 0.25) is 15.9 Å². The molecule has 0 saturated carbocycles. The van der Waals surface area contributed by atoms with Crippen LogP contribution in [0.2, 0.25) is 0 Å². The molecule has 0 aromatic heterocycles. The van der Waals surface area contributed by atoms with Crippen LogP contribution in [0, 0.1) is 10.1 Å². The number of anilines is 1. The molecule has 0 atom stereocenters. The number of methoxy groups -OCH3 is 2. The second-order valence-corrected chi connectivity index (χ2v) is 7.32. The van der Waals surface area contributed by atoms with Crippen LogP contribution in [0.4, 0.5) is 11.4 Å². The number of hydrogen-bond donors (Lipinski definition) is 3. The fourth-order valence-corrected chi connectivity index (χ4v) is 3.14. The van der Waals surface area contributed by atoms with Gasteiger partial charge in [0.05, 0.1) is 25.7 Å². The molecule has 0 fully saturated rings. The largest absolute Gasteiger partial charge is 0.495 e. The zero-order valence-corrected chi connectivity index (χ0v) is 16.7. The van der Waals surface area contributed by atoms with Crippen LogP contribution >= 0.6 is 0 Å². The Kier molecular flexibility index (Phi) is 6.92. The van der Waals surface area contributed by atoms with Crippen molar-refractivity contribution >= 4 is 33.2 Å². The summed E-state index contributed by atoms with van der Waals surface area (Å²) in [5.41, 5.74) is -0.334. The van der Waals surface area contributed by atoms with Crippen molar-refractivity contribution in [1.82, 2.24) is 5.32 Å². The molecule has 0 aliphatic heterocycles. The van der Waals surface area contributed by atoms with Crippen LogP contribution in [-0.2, 0) is 14.8 Å². The van der Waals surface area contributed by atoms with E-state index in [1.54, 1.807) is 0 Å². The molecule has 13 heteroatoms. The predicted octanol–water partition coefficient (Wildman–Crippen LogP) is 0.628. The maximum atomic E-state index is 12.2. The van der Waals surface area contributed by atoms with E-state index < -0.39 is 39.0 Å². The third-order valence-electron chi connectivity index (χ3n) is 3.80. The quantitative estimate of drug-likeness (QED) is 0.396. The van der Waals surface area contributed by atoms with Gasteiger partial charge >= 0.3 is 5.69 Å². The van der Waals surface area contributed by atoms with Gasteiger partial charge in [-0.2, -0.15) is 0 Å². The first-order chi connectivity index (χ1) is 14.1. The topological polar surface area (TPSA) is 180 Å². The minimum Gasteiger partial charge on any atom is -0.495 e. The summed E-state index contributed by atoms with van der Waals surface area (Å²) >= 11 is 0. The Balaban J connectivity index is 2.07. The van der Waals surface area contributed by atoms with Gasteiger partial charge in [0.15, 0.2) is 5.75 Å². The van der Waals surface area contributed by atoms with Crippen LogP contribution < -0.4 is 25.2 Å². The van der Waals surface area contributed by atoms with Crippen molar-refractivity contribution in [3.63, 3.8) is 0 Å². The number of nitrogens with one attached hydrogen (secondary N) is 2. The summed E-state index contributed by atoms with van der Waals surface area (Å²) in [4.78, 5) is 34.3. The minimum absolute atomic E-state index is 0.00454. The average Bonchev–Trinajstić information content (AvgIpc) is 2.70. The molecule has 0 bridgehead atoms. The van der Waals surface area contributed by atoms with Gasteiger partial charge in [0.1, 0.15) is 10.6 Å². The summed E-state index contributed by atoms with van der Waals surface area (Å²) in [5, 5.41) is 20.9. The number of nitro groups is 1. The lowest BCUT2D eigenvalue weighted by atomic mass is 10.1. The zero-order valence-electron chi connectivity index (χ0n) is 15.9. The SMILES string of the molecule is COc1ccc(C(=O)NCC(=O)Nc2ccc(OC)c(S(N)(=O)=O)c2)cc1[N+](=O)[O-]. The molecule has 30 heavy (non-hydrogen) atoms. The molecule has 12 nitrogen and oxygen atoms in total. The minimum atomic E-state index is -4.09. The molecule has 0 unspecified atom stereocenters. The molecule has 0 aliphatic rings. The summed E-state index contributed by atoms with van der Waals surface area (Å²) in [6.45, 7) is -0.477. The molecule has 2 rings (SSSR count). The van der Waals surface area contributed by atoms with Crippen LogP contribution in [0.15, 0.2) is 41.3 Å². The zero-order chi connectivity index (χ0) is 22.5. The van der Waals surface area contributed by atoms with E-state index in [1.165, 1.54) is 38.5 Å². The van der Waals surface area contributed by atoms with E-state index in [2.05, 4.69) is 10.6 Å². The van der Waals surface area contributed by atoms with E-state index >= 15 is 0 Å². The van der Waals surface area contributed by atoms with Gasteiger partial charge < -0.3 is 20.1 Å². The molecule has 4 N–H and O–H groups in total. The Bertz CT molecular complexity index is 1100. The Morgan fingerprint density at radius 1 is 1.10 bits per heavy atom. The fraction of sp³-hybridized carbons (Fsp3) is 0.176. The average molecular weight is 438 g/mol. The maximum Gasteiger partial charge on any atom is 0.311 e. The summed E-state index contributed by atoms with van der Waals surface area (Å²) in [7, 11) is -1.57. The second-order valence-electron chi connectivity index (χ2n) is 5.79. The van der Waals surface area contributed by atoms with E-state index in [0.29, 0.717) is 0 Å². The lowest BCUT2D eigenvalue weighted by Crippen LogP contribution is -2.32. The van der Waals surface area contributed by atoms with Crippen LogP contribution in [0.1, 0.15) is 10.4 Å². The highest BCUT2D eigenvalue weighted by atomic mass is 32.2. The summed E-state index contributed by atoms with van der Waals surface area (Å²) < 4.78 is 33.0. The number of ether oxygens (including phenoxy) is 2. The van der Waals surface area contributed by atoms with Gasteiger partial charge in [-0.05, 0) is 30.3 Å². The molecular formula is C17H18N4O8S. The van der Waals surface area contributed by atoms with Gasteiger partial charge in [-0.15, -0.1) is 0 Å². The summed E-state index contributed by atoms with van der Waals surface area (Å²) in [6, 6.07) is 7.40. The van der Waals surface area contributed by atoms with Gasteiger partial charge in [-0.25, -0.2) is 13.6 Å². The molecule has 0 saturated heterocycles. The molecule has 0 aliphatic carbocycles. The molecular weight excluding hydrogens is 420 g/mol. The Hall–Kier alpha value is -3.71. The first-order valence-corrected chi connectivity index (χ1v) is 9.72. The number of carbonyl (C=O) groups is 2. The Morgan fingerprint density at radius 2 is 1.73 bits per heavy atom. The van der Waals surface area contributed by atoms with Crippen molar-refractivity contribution in [2.45, 2.75) is 4.90 Å². The fourth-order valence-electron chi connectivity index (χ4n) is 2.42. The first kappa shape index (κ1) is 22.6. The smallest absolute Gasteiger partial charge is 0.311 e. The number of carbonyl (C=O) groups excluding carboxylic acids is 2. The van der Waals surface area contributed by atoms with Crippen molar-refractivity contribution in [3.05, 3.63) is 52.1 Å². The highest BCUT2D eigenvalue weighted by Gasteiger charge is 2.19. The number of nitrogens with two attached hydrogens (primary N) is 1. The monoisotopic (exact) mass is 438 g/mol. The van der Waals surface area contributed by atoms with Crippen molar-refractivity contribution in [2.24, 2.45) is 5.14 Å². The number of sulfonamides is 1. The van der Waals surface area contributed by atoms with Crippen LogP contribution in [0.3, 0.4) is 0 Å². The van der Waals surface area contributed by atoms with E-state index in [-0.39, 0.29) is 27.6 Å². The predicted molar refractivity (Wildman–Crippen MR) is 105 cm³/mol. The van der Waals surface area contributed by atoms with Gasteiger partial charge in [0.25, 0.3) is 5.91 Å². The van der Waals surface area contributed by atoms with E-state index in [4.69, 9.17) is 14.6 Å². The lowest BCUT2D eigenvalue weighted by molar-refractivity contribution is -0.385. The standard InChI is InChI=1S/C17H18N4O8S/c1-28-13-5-3-10(7-12(13)21(24)25)17(23)19-9-16(22)20-11-4-6-14(29-2)15(8-11)30(18,26)27/h3-8H,9H2,1-2H3,(H,19,23)(H,20,22)(H2,18,26,27). The molecule has 0 spiro atoms. The summed E-state index contributed by atoms with van der Waals surface area (Å²) in [5.74, 6) is -1.41. The summed E-state index contributed by atoms with van der Waals surface area (Å²) in [6.07, 6.45) is 0. The van der Waals surface area contributed by atoms with Crippen molar-refractivity contribution in [2.75, 3.05) is 26.1 Å². The van der Waals surface area contributed by atoms with E-state index in [0.717, 1.165) is 12.1 Å². The number of primary sulfonamides is 1.